The first-order chi connectivity index (χ1) is 18.1. The average Bonchev–Trinajstić information content (AvgIpc) is 3.18. The number of esters is 2. The van der Waals surface area contributed by atoms with Crippen LogP contribution < -0.4 is 0 Å². The van der Waals surface area contributed by atoms with Gasteiger partial charge in [-0.1, -0.05) is 45.6 Å². The predicted molar refractivity (Wildman–Crippen MR) is 138 cm³/mol. The van der Waals surface area contributed by atoms with Crippen molar-refractivity contribution in [3.8, 4) is 0 Å². The average molecular weight is 545 g/mol. The third-order valence-electron chi connectivity index (χ3n) is 7.68. The molecular weight excluding hydrogens is 498 g/mol. The molecule has 2 aliphatic rings. The lowest BCUT2D eigenvalue weighted by atomic mass is 9.87. The molecule has 0 aromatic rings. The molecule has 0 radical (unpaired) electrons. The number of hydrogen-bond acceptors (Lipinski definition) is 7. The standard InChI is InChI=1S/C29H46F2O7/c1-5-20(2)19-29(30,31)26(33)16-15-23-22(12-8-6-7-9-13-27(34)35-4)24(37-21(3)32)18-25(23)38-28-14-10-11-17-36-28/h15-16,20,22-25,28H,5-14,17-19H2,1-4H3/b16-15+/t20-,22?,23+,24-,25+,28?/m0/s1. The topological polar surface area (TPSA) is 88.1 Å². The lowest BCUT2D eigenvalue weighted by molar-refractivity contribution is -0.193. The fourth-order valence-corrected chi connectivity index (χ4v) is 5.35. The van der Waals surface area contributed by atoms with Crippen molar-refractivity contribution >= 4 is 17.7 Å². The van der Waals surface area contributed by atoms with Gasteiger partial charge in [-0.15, -0.1) is 0 Å². The zero-order valence-electron chi connectivity index (χ0n) is 23.4. The summed E-state index contributed by atoms with van der Waals surface area (Å²) >= 11 is 0. The van der Waals surface area contributed by atoms with Gasteiger partial charge in [0.15, 0.2) is 6.29 Å². The molecule has 218 valence electrons. The number of alkyl halides is 2. The van der Waals surface area contributed by atoms with Gasteiger partial charge in [0.05, 0.1) is 13.2 Å². The third-order valence-corrected chi connectivity index (χ3v) is 7.68. The Morgan fingerprint density at radius 2 is 1.84 bits per heavy atom. The summed E-state index contributed by atoms with van der Waals surface area (Å²) in [4.78, 5) is 35.7. The molecule has 6 atom stereocenters. The van der Waals surface area contributed by atoms with Crippen LogP contribution >= 0.6 is 0 Å². The van der Waals surface area contributed by atoms with Crippen LogP contribution in [0.4, 0.5) is 8.78 Å². The van der Waals surface area contributed by atoms with E-state index in [-0.39, 0.29) is 23.7 Å². The Labute approximate surface area is 226 Å². The fourth-order valence-electron chi connectivity index (χ4n) is 5.35. The molecule has 1 saturated carbocycles. The van der Waals surface area contributed by atoms with E-state index in [0.717, 1.165) is 51.0 Å². The monoisotopic (exact) mass is 544 g/mol. The van der Waals surface area contributed by atoms with E-state index in [0.29, 0.717) is 32.3 Å². The first-order valence-corrected chi connectivity index (χ1v) is 14.2. The SMILES string of the molecule is CC[C@H](C)CC(F)(F)C(=O)/C=C/[C@@H]1C(CCCCCCC(=O)OC)[C@@H](OC(C)=O)C[C@H]1OC1CCCCO1. The quantitative estimate of drug-likeness (QED) is 0.130. The van der Waals surface area contributed by atoms with Gasteiger partial charge in [-0.25, -0.2) is 0 Å². The normalized spacial score (nSPS) is 26.8. The van der Waals surface area contributed by atoms with E-state index in [1.54, 1.807) is 13.0 Å². The number of ketones is 1. The molecule has 0 aromatic carbocycles. The molecule has 0 spiro atoms. The molecule has 0 aromatic heterocycles. The van der Waals surface area contributed by atoms with Crippen LogP contribution in [0.1, 0.15) is 97.8 Å². The van der Waals surface area contributed by atoms with Gasteiger partial charge >= 0.3 is 17.9 Å². The van der Waals surface area contributed by atoms with E-state index in [9.17, 15) is 23.2 Å². The maximum absolute atomic E-state index is 14.6. The van der Waals surface area contributed by atoms with Crippen molar-refractivity contribution in [2.75, 3.05) is 13.7 Å². The Kier molecular flexibility index (Phi) is 13.9. The van der Waals surface area contributed by atoms with Crippen LogP contribution in [0.15, 0.2) is 12.2 Å². The van der Waals surface area contributed by atoms with Crippen molar-refractivity contribution in [1.29, 1.82) is 0 Å². The Morgan fingerprint density at radius 1 is 1.11 bits per heavy atom. The molecule has 0 bridgehead atoms. The molecule has 0 amide bonds. The van der Waals surface area contributed by atoms with Crippen LogP contribution in [0.3, 0.4) is 0 Å². The van der Waals surface area contributed by atoms with Crippen molar-refractivity contribution in [2.24, 2.45) is 17.8 Å². The highest BCUT2D eigenvalue weighted by molar-refractivity contribution is 5.95. The Morgan fingerprint density at radius 3 is 2.47 bits per heavy atom. The second-order valence-electron chi connectivity index (χ2n) is 10.8. The van der Waals surface area contributed by atoms with Crippen molar-refractivity contribution in [1.82, 2.24) is 0 Å². The zero-order valence-corrected chi connectivity index (χ0v) is 23.4. The van der Waals surface area contributed by atoms with Gasteiger partial charge in [0.1, 0.15) is 6.10 Å². The minimum Gasteiger partial charge on any atom is -0.469 e. The maximum atomic E-state index is 14.6. The molecule has 9 heteroatoms. The Hall–Kier alpha value is -1.87. The number of rotatable bonds is 16. The zero-order chi connectivity index (χ0) is 28.1. The molecular formula is C29H46F2O7. The largest absolute Gasteiger partial charge is 0.469 e. The second-order valence-corrected chi connectivity index (χ2v) is 10.8. The third kappa shape index (κ3) is 10.7. The molecule has 2 unspecified atom stereocenters. The summed E-state index contributed by atoms with van der Waals surface area (Å²) in [7, 11) is 1.37. The highest BCUT2D eigenvalue weighted by atomic mass is 19.3. The van der Waals surface area contributed by atoms with E-state index in [4.69, 9.17) is 14.2 Å². The summed E-state index contributed by atoms with van der Waals surface area (Å²) in [5, 5.41) is 0. The number of ether oxygens (including phenoxy) is 4. The number of methoxy groups -OCH3 is 1. The first-order valence-electron chi connectivity index (χ1n) is 14.2. The molecule has 1 heterocycles. The van der Waals surface area contributed by atoms with Gasteiger partial charge in [-0.05, 0) is 44.1 Å². The van der Waals surface area contributed by atoms with Crippen LogP contribution in [0.25, 0.3) is 0 Å². The lowest BCUT2D eigenvalue weighted by Crippen LogP contribution is -2.32. The van der Waals surface area contributed by atoms with Crippen molar-refractivity contribution in [2.45, 2.75) is 122 Å². The number of unbranched alkanes of at least 4 members (excludes halogenated alkanes) is 3. The summed E-state index contributed by atoms with van der Waals surface area (Å²) in [6, 6.07) is 0. The van der Waals surface area contributed by atoms with E-state index in [1.165, 1.54) is 14.0 Å². The van der Waals surface area contributed by atoms with Gasteiger partial charge < -0.3 is 18.9 Å². The summed E-state index contributed by atoms with van der Waals surface area (Å²) in [5.41, 5.74) is 0. The van der Waals surface area contributed by atoms with Crippen LogP contribution in [-0.4, -0.2) is 55.9 Å². The van der Waals surface area contributed by atoms with Crippen LogP contribution in [0.2, 0.25) is 0 Å². The first kappa shape index (κ1) is 32.3. The number of hydrogen-bond donors (Lipinski definition) is 0. The summed E-state index contributed by atoms with van der Waals surface area (Å²) in [6.07, 6.45) is 8.73. The van der Waals surface area contributed by atoms with E-state index >= 15 is 0 Å². The predicted octanol–water partition coefficient (Wildman–Crippen LogP) is 6.18. The van der Waals surface area contributed by atoms with Crippen molar-refractivity contribution in [3.63, 3.8) is 0 Å². The van der Waals surface area contributed by atoms with Crippen LogP contribution in [-0.2, 0) is 33.3 Å². The van der Waals surface area contributed by atoms with Gasteiger partial charge in [0.2, 0.25) is 5.78 Å². The molecule has 7 nitrogen and oxygen atoms in total. The van der Waals surface area contributed by atoms with Crippen molar-refractivity contribution in [3.05, 3.63) is 12.2 Å². The number of halogens is 2. The summed E-state index contributed by atoms with van der Waals surface area (Å²) < 4.78 is 51.5. The number of carbonyl (C=O) groups excluding carboxylic acids is 3. The molecule has 0 N–H and O–H groups in total. The van der Waals surface area contributed by atoms with Gasteiger partial charge in [-0.2, -0.15) is 8.78 Å². The van der Waals surface area contributed by atoms with Gasteiger partial charge in [0.25, 0.3) is 0 Å². The van der Waals surface area contributed by atoms with Gasteiger partial charge in [-0.3, -0.25) is 14.4 Å². The summed E-state index contributed by atoms with van der Waals surface area (Å²) in [5.74, 6) is -6.11. The minimum absolute atomic E-state index is 0.180. The smallest absolute Gasteiger partial charge is 0.309 e. The van der Waals surface area contributed by atoms with Crippen LogP contribution in [0.5, 0.6) is 0 Å². The van der Waals surface area contributed by atoms with E-state index in [1.807, 2.05) is 6.92 Å². The highest BCUT2D eigenvalue weighted by Crippen LogP contribution is 2.42. The highest BCUT2D eigenvalue weighted by Gasteiger charge is 2.46. The Balaban J connectivity index is 2.15. The molecule has 2 fully saturated rings. The van der Waals surface area contributed by atoms with E-state index < -0.39 is 42.6 Å². The van der Waals surface area contributed by atoms with Gasteiger partial charge in [0, 0.05) is 44.6 Å². The molecule has 2 rings (SSSR count). The number of carbonyl (C=O) groups is 3. The van der Waals surface area contributed by atoms with E-state index in [2.05, 4.69) is 4.74 Å². The molecule has 1 aliphatic heterocycles. The van der Waals surface area contributed by atoms with Crippen LogP contribution in [0, 0.1) is 17.8 Å². The summed E-state index contributed by atoms with van der Waals surface area (Å²) in [6.45, 7) is 5.48. The Bertz CT molecular complexity index is 779. The number of allylic oxidation sites excluding steroid dienone is 1. The molecule has 38 heavy (non-hydrogen) atoms. The maximum Gasteiger partial charge on any atom is 0.309 e. The minimum atomic E-state index is -3.43. The molecule has 1 aliphatic carbocycles. The van der Waals surface area contributed by atoms with Crippen molar-refractivity contribution < 1.29 is 42.1 Å². The lowest BCUT2D eigenvalue weighted by Gasteiger charge is -2.29. The second kappa shape index (κ2) is 16.3. The molecule has 1 saturated heterocycles. The fraction of sp³-hybridized carbons (Fsp3) is 0.828.